The SMILES string of the molecule is Cc1cc2c(cc(C(=O)NC[C@H]3CCCO3)n2Cc2ccc(F)cc2)s1. The molecule has 4 rings (SSSR count). The number of rotatable bonds is 5. The zero-order chi connectivity index (χ0) is 18.1. The van der Waals surface area contributed by atoms with Crippen molar-refractivity contribution in [3.63, 3.8) is 0 Å². The highest BCUT2D eigenvalue weighted by molar-refractivity contribution is 7.19. The van der Waals surface area contributed by atoms with E-state index in [4.69, 9.17) is 4.74 Å². The normalized spacial score (nSPS) is 17.1. The first-order chi connectivity index (χ1) is 12.6. The highest BCUT2D eigenvalue weighted by Gasteiger charge is 2.20. The summed E-state index contributed by atoms with van der Waals surface area (Å²) in [5.74, 6) is -0.351. The molecule has 136 valence electrons. The van der Waals surface area contributed by atoms with Gasteiger partial charge in [0.2, 0.25) is 0 Å². The van der Waals surface area contributed by atoms with Crippen molar-refractivity contribution in [2.24, 2.45) is 0 Å². The van der Waals surface area contributed by atoms with Crippen LogP contribution < -0.4 is 5.32 Å². The molecule has 0 radical (unpaired) electrons. The molecule has 1 amide bonds. The van der Waals surface area contributed by atoms with Crippen molar-refractivity contribution in [1.29, 1.82) is 0 Å². The average molecular weight is 372 g/mol. The van der Waals surface area contributed by atoms with Gasteiger partial charge in [-0.25, -0.2) is 4.39 Å². The van der Waals surface area contributed by atoms with Crippen LogP contribution in [0.15, 0.2) is 36.4 Å². The standard InChI is InChI=1S/C20H21FN2O2S/c1-13-9-17-19(26-13)10-18(20(24)22-11-16-3-2-8-25-16)23(17)12-14-4-6-15(21)7-5-14/h4-7,9-10,16H,2-3,8,11-12H2,1H3,(H,22,24)/t16-/m1/s1. The maximum atomic E-state index is 13.2. The highest BCUT2D eigenvalue weighted by atomic mass is 32.1. The van der Waals surface area contributed by atoms with Gasteiger partial charge in [0.1, 0.15) is 11.5 Å². The third kappa shape index (κ3) is 3.52. The number of ether oxygens (including phenoxy) is 1. The molecule has 1 N–H and O–H groups in total. The third-order valence-electron chi connectivity index (χ3n) is 4.71. The number of fused-ring (bicyclic) bond motifs is 1. The Hall–Kier alpha value is -2.18. The van der Waals surface area contributed by atoms with Gasteiger partial charge in [-0.2, -0.15) is 0 Å². The second-order valence-electron chi connectivity index (χ2n) is 6.69. The summed E-state index contributed by atoms with van der Waals surface area (Å²) in [4.78, 5) is 14.0. The summed E-state index contributed by atoms with van der Waals surface area (Å²) in [5.41, 5.74) is 2.63. The molecular formula is C20H21FN2O2S. The van der Waals surface area contributed by atoms with Crippen LogP contribution in [0.3, 0.4) is 0 Å². The van der Waals surface area contributed by atoms with Gasteiger partial charge in [-0.05, 0) is 49.6 Å². The predicted molar refractivity (Wildman–Crippen MR) is 101 cm³/mol. The number of carbonyl (C=O) groups excluding carboxylic acids is 1. The molecule has 26 heavy (non-hydrogen) atoms. The molecule has 3 aromatic rings. The topological polar surface area (TPSA) is 43.3 Å². The molecule has 0 saturated carbocycles. The van der Waals surface area contributed by atoms with E-state index in [9.17, 15) is 9.18 Å². The number of carbonyl (C=O) groups is 1. The van der Waals surface area contributed by atoms with Crippen LogP contribution in [-0.4, -0.2) is 29.7 Å². The molecule has 1 fully saturated rings. The second-order valence-corrected chi connectivity index (χ2v) is 7.98. The van der Waals surface area contributed by atoms with Gasteiger partial charge in [-0.1, -0.05) is 12.1 Å². The molecular weight excluding hydrogens is 351 g/mol. The number of nitrogens with zero attached hydrogens (tertiary/aromatic N) is 1. The maximum Gasteiger partial charge on any atom is 0.268 e. The van der Waals surface area contributed by atoms with E-state index in [0.29, 0.717) is 18.8 Å². The van der Waals surface area contributed by atoms with E-state index < -0.39 is 0 Å². The lowest BCUT2D eigenvalue weighted by Crippen LogP contribution is -2.33. The first-order valence-electron chi connectivity index (χ1n) is 8.84. The smallest absolute Gasteiger partial charge is 0.268 e. The van der Waals surface area contributed by atoms with Crippen LogP contribution in [-0.2, 0) is 11.3 Å². The monoisotopic (exact) mass is 372 g/mol. The van der Waals surface area contributed by atoms with Gasteiger partial charge < -0.3 is 14.6 Å². The summed E-state index contributed by atoms with van der Waals surface area (Å²) < 4.78 is 21.9. The largest absolute Gasteiger partial charge is 0.376 e. The lowest BCUT2D eigenvalue weighted by atomic mass is 10.2. The molecule has 1 saturated heterocycles. The predicted octanol–water partition coefficient (Wildman–Crippen LogP) is 4.11. The Kier molecular flexibility index (Phi) is 4.78. The number of aryl methyl sites for hydroxylation is 1. The van der Waals surface area contributed by atoms with E-state index in [-0.39, 0.29) is 17.8 Å². The van der Waals surface area contributed by atoms with Crippen LogP contribution in [0.5, 0.6) is 0 Å². The lowest BCUT2D eigenvalue weighted by molar-refractivity contribution is 0.0851. The number of halogens is 1. The van der Waals surface area contributed by atoms with Gasteiger partial charge in [-0.15, -0.1) is 11.3 Å². The summed E-state index contributed by atoms with van der Waals surface area (Å²) in [7, 11) is 0. The van der Waals surface area contributed by atoms with Crippen molar-refractivity contribution in [1.82, 2.24) is 9.88 Å². The summed E-state index contributed by atoms with van der Waals surface area (Å²) in [5, 5.41) is 3.00. The maximum absolute atomic E-state index is 13.2. The van der Waals surface area contributed by atoms with Gasteiger partial charge in [0.15, 0.2) is 0 Å². The number of thiophene rings is 1. The fourth-order valence-corrected chi connectivity index (χ4v) is 4.36. The number of hydrogen-bond donors (Lipinski definition) is 1. The van der Waals surface area contributed by atoms with Gasteiger partial charge >= 0.3 is 0 Å². The molecule has 1 atom stereocenters. The van der Waals surface area contributed by atoms with Crippen molar-refractivity contribution in [3.8, 4) is 0 Å². The molecule has 0 bridgehead atoms. The summed E-state index contributed by atoms with van der Waals surface area (Å²) in [6.45, 7) is 3.90. The fraction of sp³-hybridized carbons (Fsp3) is 0.350. The van der Waals surface area contributed by atoms with E-state index in [1.807, 2.05) is 10.6 Å². The van der Waals surface area contributed by atoms with Crippen LogP contribution in [0, 0.1) is 12.7 Å². The Bertz CT molecular complexity index is 923. The van der Waals surface area contributed by atoms with Crippen molar-refractivity contribution >= 4 is 27.5 Å². The zero-order valence-electron chi connectivity index (χ0n) is 14.6. The Morgan fingerprint density at radius 3 is 2.88 bits per heavy atom. The van der Waals surface area contributed by atoms with Crippen molar-refractivity contribution in [2.75, 3.05) is 13.2 Å². The first-order valence-corrected chi connectivity index (χ1v) is 9.66. The van der Waals surface area contributed by atoms with E-state index in [1.165, 1.54) is 17.0 Å². The summed E-state index contributed by atoms with van der Waals surface area (Å²) in [6.07, 6.45) is 2.16. The Labute approximate surface area is 155 Å². The number of benzene rings is 1. The minimum Gasteiger partial charge on any atom is -0.376 e. The number of nitrogens with one attached hydrogen (secondary N) is 1. The van der Waals surface area contributed by atoms with E-state index >= 15 is 0 Å². The molecule has 2 aromatic heterocycles. The number of hydrogen-bond acceptors (Lipinski definition) is 3. The van der Waals surface area contributed by atoms with E-state index in [0.717, 1.165) is 35.2 Å². The molecule has 6 heteroatoms. The first kappa shape index (κ1) is 17.2. The molecule has 1 aliphatic rings. The minimum absolute atomic E-state index is 0.0938. The van der Waals surface area contributed by atoms with Crippen LogP contribution in [0.2, 0.25) is 0 Å². The van der Waals surface area contributed by atoms with Crippen LogP contribution in [0.25, 0.3) is 10.2 Å². The molecule has 0 unspecified atom stereocenters. The molecule has 0 aliphatic carbocycles. The second kappa shape index (κ2) is 7.21. The quantitative estimate of drug-likeness (QED) is 0.732. The van der Waals surface area contributed by atoms with E-state index in [2.05, 4.69) is 18.3 Å². The van der Waals surface area contributed by atoms with Gasteiger partial charge in [0, 0.05) is 24.6 Å². The number of amides is 1. The van der Waals surface area contributed by atoms with Crippen molar-refractivity contribution in [2.45, 2.75) is 32.4 Å². The summed E-state index contributed by atoms with van der Waals surface area (Å²) in [6, 6.07) is 10.5. The van der Waals surface area contributed by atoms with Gasteiger partial charge in [0.25, 0.3) is 5.91 Å². The van der Waals surface area contributed by atoms with Crippen LogP contribution >= 0.6 is 11.3 Å². The fourth-order valence-electron chi connectivity index (χ4n) is 3.40. The summed E-state index contributed by atoms with van der Waals surface area (Å²) >= 11 is 1.68. The average Bonchev–Trinajstić information content (AvgIpc) is 3.32. The Balaban J connectivity index is 1.61. The van der Waals surface area contributed by atoms with Crippen molar-refractivity contribution in [3.05, 3.63) is 58.3 Å². The Morgan fingerprint density at radius 1 is 1.35 bits per heavy atom. The Morgan fingerprint density at radius 2 is 2.15 bits per heavy atom. The van der Waals surface area contributed by atoms with E-state index in [1.54, 1.807) is 23.5 Å². The minimum atomic E-state index is -0.257. The highest BCUT2D eigenvalue weighted by Crippen LogP contribution is 2.29. The molecule has 4 nitrogen and oxygen atoms in total. The van der Waals surface area contributed by atoms with Gasteiger partial charge in [0.05, 0.1) is 16.3 Å². The molecule has 1 aliphatic heterocycles. The molecule has 3 heterocycles. The number of aromatic nitrogens is 1. The zero-order valence-corrected chi connectivity index (χ0v) is 15.4. The van der Waals surface area contributed by atoms with Crippen molar-refractivity contribution < 1.29 is 13.9 Å². The van der Waals surface area contributed by atoms with Crippen LogP contribution in [0.1, 0.15) is 33.8 Å². The lowest BCUT2D eigenvalue weighted by Gasteiger charge is -2.13. The van der Waals surface area contributed by atoms with Gasteiger partial charge in [-0.3, -0.25) is 4.79 Å². The third-order valence-corrected chi connectivity index (χ3v) is 5.70. The van der Waals surface area contributed by atoms with Crippen LogP contribution in [0.4, 0.5) is 4.39 Å². The molecule has 0 spiro atoms. The molecule has 1 aromatic carbocycles.